The Morgan fingerprint density at radius 2 is 1.95 bits per heavy atom. The van der Waals surface area contributed by atoms with Crippen LogP contribution >= 0.6 is 0 Å². The van der Waals surface area contributed by atoms with E-state index < -0.39 is 16.4 Å². The number of hydrogen-bond donors (Lipinski definition) is 1. The first-order chi connectivity index (χ1) is 9.29. The number of benzene rings is 1. The third-order valence-electron chi connectivity index (χ3n) is 2.74. The highest BCUT2D eigenvalue weighted by Gasteiger charge is 2.14. The average Bonchev–Trinajstić information content (AvgIpc) is 2.33. The van der Waals surface area contributed by atoms with E-state index in [2.05, 4.69) is 10.1 Å². The van der Waals surface area contributed by atoms with E-state index in [1.54, 1.807) is 18.2 Å². The summed E-state index contributed by atoms with van der Waals surface area (Å²) < 4.78 is 51.0. The van der Waals surface area contributed by atoms with Gasteiger partial charge >= 0.3 is 6.61 Å². The predicted molar refractivity (Wildman–Crippen MR) is 73.8 cm³/mol. The fourth-order valence-corrected chi connectivity index (χ4v) is 2.47. The largest absolute Gasteiger partial charge is 0.434 e. The second-order valence-electron chi connectivity index (χ2n) is 4.58. The van der Waals surface area contributed by atoms with Crippen LogP contribution in [0, 0.1) is 0 Å². The molecule has 0 aromatic heterocycles. The highest BCUT2D eigenvalue weighted by Crippen LogP contribution is 2.26. The Bertz CT molecular complexity index is 520. The summed E-state index contributed by atoms with van der Waals surface area (Å²) in [4.78, 5) is 0. The second kappa shape index (κ2) is 7.54. The summed E-state index contributed by atoms with van der Waals surface area (Å²) in [6.45, 7) is -0.570. The second-order valence-corrected chi connectivity index (χ2v) is 6.84. The molecule has 7 heteroatoms. The third-order valence-corrected chi connectivity index (χ3v) is 3.77. The molecule has 20 heavy (non-hydrogen) atoms. The Kier molecular flexibility index (Phi) is 6.35. The fraction of sp³-hybridized carbons (Fsp3) is 0.538. The summed E-state index contributed by atoms with van der Waals surface area (Å²) in [5.74, 6) is 0.229. The van der Waals surface area contributed by atoms with Gasteiger partial charge in [-0.15, -0.1) is 0 Å². The highest BCUT2D eigenvalue weighted by molar-refractivity contribution is 7.90. The van der Waals surface area contributed by atoms with Crippen molar-refractivity contribution in [2.45, 2.75) is 26.0 Å². The lowest BCUT2D eigenvalue weighted by Gasteiger charge is -2.18. The van der Waals surface area contributed by atoms with E-state index in [4.69, 9.17) is 0 Å². The van der Waals surface area contributed by atoms with Gasteiger partial charge in [0.1, 0.15) is 15.6 Å². The maximum Gasteiger partial charge on any atom is 0.387 e. The number of sulfone groups is 1. The molecule has 0 aliphatic heterocycles. The topological polar surface area (TPSA) is 55.4 Å². The number of halogens is 2. The lowest BCUT2D eigenvalue weighted by molar-refractivity contribution is -0.0506. The molecule has 0 radical (unpaired) electrons. The standard InChI is InChI=1S/C13H19F2NO3S/c1-10(16-8-5-9-20(2,17)18)11-6-3-4-7-12(11)19-13(14)15/h3-4,6-7,10,13,16H,5,8-9H2,1-2H3. The quantitative estimate of drug-likeness (QED) is 0.749. The molecule has 0 amide bonds. The third kappa shape index (κ3) is 6.29. The van der Waals surface area contributed by atoms with Crippen LogP contribution in [-0.4, -0.2) is 33.6 Å². The summed E-state index contributed by atoms with van der Waals surface area (Å²) in [5.41, 5.74) is 0.618. The van der Waals surface area contributed by atoms with Crippen LogP contribution in [0.1, 0.15) is 24.9 Å². The van der Waals surface area contributed by atoms with Gasteiger partial charge in [0.15, 0.2) is 0 Å². The number of nitrogens with one attached hydrogen (secondary N) is 1. The van der Waals surface area contributed by atoms with E-state index in [1.807, 2.05) is 6.92 Å². The summed E-state index contributed by atoms with van der Waals surface area (Å²) in [7, 11) is -2.97. The van der Waals surface area contributed by atoms with Crippen molar-refractivity contribution >= 4 is 9.84 Å². The highest BCUT2D eigenvalue weighted by atomic mass is 32.2. The van der Waals surface area contributed by atoms with Gasteiger partial charge in [0.05, 0.1) is 5.75 Å². The van der Waals surface area contributed by atoms with Crippen LogP contribution in [0.5, 0.6) is 5.75 Å². The average molecular weight is 307 g/mol. The van der Waals surface area contributed by atoms with Crippen LogP contribution in [0.2, 0.25) is 0 Å². The zero-order valence-electron chi connectivity index (χ0n) is 11.5. The molecule has 0 spiro atoms. The van der Waals surface area contributed by atoms with Crippen LogP contribution in [-0.2, 0) is 9.84 Å². The van der Waals surface area contributed by atoms with Gasteiger partial charge in [-0.05, 0) is 26.0 Å². The van der Waals surface area contributed by atoms with Crippen LogP contribution in [0.4, 0.5) is 8.78 Å². The van der Waals surface area contributed by atoms with Gasteiger partial charge in [0.2, 0.25) is 0 Å². The van der Waals surface area contributed by atoms with E-state index >= 15 is 0 Å². The summed E-state index contributed by atoms with van der Waals surface area (Å²) in [6, 6.07) is 6.34. The molecule has 1 rings (SSSR count). The van der Waals surface area contributed by atoms with Crippen molar-refractivity contribution < 1.29 is 21.9 Å². The molecule has 1 atom stereocenters. The first-order valence-corrected chi connectivity index (χ1v) is 8.30. The Morgan fingerprint density at radius 1 is 1.30 bits per heavy atom. The SMILES string of the molecule is CC(NCCCS(C)(=O)=O)c1ccccc1OC(F)F. The van der Waals surface area contributed by atoms with E-state index in [0.717, 1.165) is 0 Å². The lowest BCUT2D eigenvalue weighted by atomic mass is 10.1. The van der Waals surface area contributed by atoms with E-state index in [9.17, 15) is 17.2 Å². The molecule has 1 N–H and O–H groups in total. The van der Waals surface area contributed by atoms with Gasteiger partial charge in [-0.25, -0.2) is 8.42 Å². The zero-order valence-corrected chi connectivity index (χ0v) is 12.3. The van der Waals surface area contributed by atoms with Crippen molar-refractivity contribution in [3.63, 3.8) is 0 Å². The monoisotopic (exact) mass is 307 g/mol. The van der Waals surface area contributed by atoms with Gasteiger partial charge in [0.25, 0.3) is 0 Å². The van der Waals surface area contributed by atoms with Crippen molar-refractivity contribution in [1.82, 2.24) is 5.32 Å². The molecule has 0 bridgehead atoms. The van der Waals surface area contributed by atoms with Crippen molar-refractivity contribution in [3.8, 4) is 5.75 Å². The minimum Gasteiger partial charge on any atom is -0.434 e. The van der Waals surface area contributed by atoms with Crippen molar-refractivity contribution in [2.75, 3.05) is 18.6 Å². The Morgan fingerprint density at radius 3 is 2.55 bits per heavy atom. The van der Waals surface area contributed by atoms with E-state index in [-0.39, 0.29) is 17.5 Å². The number of ether oxygens (including phenoxy) is 1. The molecule has 0 saturated carbocycles. The van der Waals surface area contributed by atoms with Crippen molar-refractivity contribution in [3.05, 3.63) is 29.8 Å². The molecule has 0 aliphatic carbocycles. The van der Waals surface area contributed by atoms with Crippen LogP contribution in [0.15, 0.2) is 24.3 Å². The lowest BCUT2D eigenvalue weighted by Crippen LogP contribution is -2.22. The molecule has 1 aromatic rings. The van der Waals surface area contributed by atoms with Gasteiger partial charge < -0.3 is 10.1 Å². The number of rotatable bonds is 8. The van der Waals surface area contributed by atoms with Gasteiger partial charge in [-0.1, -0.05) is 18.2 Å². The predicted octanol–water partition coefficient (Wildman–Crippen LogP) is 2.37. The number of para-hydroxylation sites is 1. The minimum absolute atomic E-state index is 0.0991. The van der Waals surface area contributed by atoms with Crippen LogP contribution in [0.3, 0.4) is 0 Å². The Balaban J connectivity index is 2.56. The Hall–Kier alpha value is -1.21. The molecule has 1 aromatic carbocycles. The molecule has 0 saturated heterocycles. The Labute approximate surface area is 118 Å². The molecule has 0 fully saturated rings. The van der Waals surface area contributed by atoms with Crippen LogP contribution in [0.25, 0.3) is 0 Å². The molecular weight excluding hydrogens is 288 g/mol. The molecule has 114 valence electrons. The molecule has 1 unspecified atom stereocenters. The first kappa shape index (κ1) is 16.8. The molecule has 0 heterocycles. The molecule has 4 nitrogen and oxygen atoms in total. The van der Waals surface area contributed by atoms with Crippen molar-refractivity contribution in [1.29, 1.82) is 0 Å². The van der Waals surface area contributed by atoms with Gasteiger partial charge in [-0.2, -0.15) is 8.78 Å². The number of alkyl halides is 2. The number of hydrogen-bond acceptors (Lipinski definition) is 4. The van der Waals surface area contributed by atoms with E-state index in [1.165, 1.54) is 12.3 Å². The summed E-state index contributed by atoms with van der Waals surface area (Å²) >= 11 is 0. The summed E-state index contributed by atoms with van der Waals surface area (Å²) in [5, 5.41) is 3.10. The molecule has 0 aliphatic rings. The summed E-state index contributed by atoms with van der Waals surface area (Å²) in [6.07, 6.45) is 1.66. The maximum atomic E-state index is 12.3. The van der Waals surface area contributed by atoms with E-state index in [0.29, 0.717) is 18.5 Å². The molecular formula is C13H19F2NO3S. The minimum atomic E-state index is -2.97. The normalized spacial score (nSPS) is 13.4. The zero-order chi connectivity index (χ0) is 15.2. The first-order valence-electron chi connectivity index (χ1n) is 6.24. The fourth-order valence-electron chi connectivity index (χ4n) is 1.80. The maximum absolute atomic E-state index is 12.3. The van der Waals surface area contributed by atoms with Gasteiger partial charge in [0, 0.05) is 17.9 Å². The van der Waals surface area contributed by atoms with Gasteiger partial charge in [-0.3, -0.25) is 0 Å². The van der Waals surface area contributed by atoms with Crippen LogP contribution < -0.4 is 10.1 Å². The smallest absolute Gasteiger partial charge is 0.387 e. The van der Waals surface area contributed by atoms with Crippen molar-refractivity contribution in [2.24, 2.45) is 0 Å².